The molecular weight excluding hydrogens is 355 g/mol. The van der Waals surface area contributed by atoms with Crippen molar-refractivity contribution < 1.29 is 17.6 Å². The van der Waals surface area contributed by atoms with Crippen molar-refractivity contribution in [2.75, 3.05) is 6.54 Å². The highest BCUT2D eigenvalue weighted by molar-refractivity contribution is 7.89. The number of rotatable bonds is 8. The molecule has 140 valence electrons. The number of hydrogen-bond acceptors (Lipinski definition) is 3. The summed E-state index contributed by atoms with van der Waals surface area (Å²) in [7, 11) is -3.58. The highest BCUT2D eigenvalue weighted by Crippen LogP contribution is 2.12. The standard InChI is InChI=1S/C19H23FN2O3S/c1-3-14(2)22-26(24,25)18-10-6-16(7-11-18)19(23)21-13-12-15-4-8-17(20)9-5-15/h4-11,14,22H,3,12-13H2,1-2H3,(H,21,23)/t14-/m1/s1. The first-order chi connectivity index (χ1) is 12.3. The lowest BCUT2D eigenvalue weighted by atomic mass is 10.1. The fourth-order valence-corrected chi connectivity index (χ4v) is 3.60. The molecule has 2 aromatic carbocycles. The van der Waals surface area contributed by atoms with Crippen LogP contribution in [-0.4, -0.2) is 26.9 Å². The maximum Gasteiger partial charge on any atom is 0.251 e. The molecule has 26 heavy (non-hydrogen) atoms. The van der Waals surface area contributed by atoms with Crippen molar-refractivity contribution in [3.05, 3.63) is 65.5 Å². The van der Waals surface area contributed by atoms with Crippen LogP contribution >= 0.6 is 0 Å². The van der Waals surface area contributed by atoms with Crippen LogP contribution in [0, 0.1) is 5.82 Å². The summed E-state index contributed by atoms with van der Waals surface area (Å²) in [5.74, 6) is -0.582. The molecule has 0 saturated carbocycles. The zero-order chi connectivity index (χ0) is 19.2. The zero-order valence-corrected chi connectivity index (χ0v) is 15.6. The molecule has 0 unspecified atom stereocenters. The lowest BCUT2D eigenvalue weighted by Crippen LogP contribution is -2.32. The fourth-order valence-electron chi connectivity index (χ4n) is 2.28. The van der Waals surface area contributed by atoms with Crippen LogP contribution in [0.25, 0.3) is 0 Å². The number of carbonyl (C=O) groups excluding carboxylic acids is 1. The van der Waals surface area contributed by atoms with E-state index in [0.717, 1.165) is 5.56 Å². The van der Waals surface area contributed by atoms with Gasteiger partial charge in [-0.25, -0.2) is 17.5 Å². The molecule has 5 nitrogen and oxygen atoms in total. The van der Waals surface area contributed by atoms with Crippen molar-refractivity contribution in [2.24, 2.45) is 0 Å². The Bertz CT molecular complexity index is 834. The van der Waals surface area contributed by atoms with E-state index in [2.05, 4.69) is 10.0 Å². The highest BCUT2D eigenvalue weighted by Gasteiger charge is 2.17. The fraction of sp³-hybridized carbons (Fsp3) is 0.316. The summed E-state index contributed by atoms with van der Waals surface area (Å²) < 4.78 is 39.8. The highest BCUT2D eigenvalue weighted by atomic mass is 32.2. The van der Waals surface area contributed by atoms with E-state index in [4.69, 9.17) is 0 Å². The Labute approximate surface area is 153 Å². The van der Waals surface area contributed by atoms with Gasteiger partial charge in [-0.15, -0.1) is 0 Å². The van der Waals surface area contributed by atoms with E-state index in [1.165, 1.54) is 36.4 Å². The van der Waals surface area contributed by atoms with Crippen molar-refractivity contribution in [3.63, 3.8) is 0 Å². The molecule has 2 rings (SSSR count). The molecule has 7 heteroatoms. The van der Waals surface area contributed by atoms with Gasteiger partial charge in [-0.1, -0.05) is 19.1 Å². The molecule has 0 bridgehead atoms. The maximum absolute atomic E-state index is 12.8. The van der Waals surface area contributed by atoms with Gasteiger partial charge in [-0.2, -0.15) is 0 Å². The van der Waals surface area contributed by atoms with E-state index in [-0.39, 0.29) is 22.7 Å². The zero-order valence-electron chi connectivity index (χ0n) is 14.8. The quantitative estimate of drug-likeness (QED) is 0.742. The summed E-state index contributed by atoms with van der Waals surface area (Å²) in [6, 6.07) is 11.7. The molecule has 0 aliphatic carbocycles. The first-order valence-corrected chi connectivity index (χ1v) is 9.95. The van der Waals surface area contributed by atoms with Crippen LogP contribution in [0.15, 0.2) is 53.4 Å². The van der Waals surface area contributed by atoms with E-state index in [1.807, 2.05) is 6.92 Å². The van der Waals surface area contributed by atoms with E-state index in [0.29, 0.717) is 24.9 Å². The number of sulfonamides is 1. The molecule has 1 atom stereocenters. The molecule has 1 amide bonds. The molecule has 0 spiro atoms. The second-order valence-corrected chi connectivity index (χ2v) is 7.80. The number of carbonyl (C=O) groups is 1. The number of nitrogens with one attached hydrogen (secondary N) is 2. The third-order valence-electron chi connectivity index (χ3n) is 4.01. The van der Waals surface area contributed by atoms with Crippen LogP contribution in [-0.2, 0) is 16.4 Å². The van der Waals surface area contributed by atoms with Crippen LogP contribution in [0.3, 0.4) is 0 Å². The molecule has 0 aliphatic heterocycles. The summed E-state index contributed by atoms with van der Waals surface area (Å²) in [6.45, 7) is 4.09. The SMILES string of the molecule is CC[C@@H](C)NS(=O)(=O)c1ccc(C(=O)NCCc2ccc(F)cc2)cc1. The Morgan fingerprint density at radius 1 is 1.08 bits per heavy atom. The summed E-state index contributed by atoms with van der Waals surface area (Å²) in [5, 5.41) is 2.76. The van der Waals surface area contributed by atoms with Gasteiger partial charge in [0.2, 0.25) is 10.0 Å². The normalized spacial score (nSPS) is 12.6. The number of hydrogen-bond donors (Lipinski definition) is 2. The smallest absolute Gasteiger partial charge is 0.251 e. The number of halogens is 1. The van der Waals surface area contributed by atoms with Crippen LogP contribution < -0.4 is 10.0 Å². The average Bonchev–Trinajstić information content (AvgIpc) is 2.63. The monoisotopic (exact) mass is 378 g/mol. The minimum absolute atomic E-state index is 0.126. The van der Waals surface area contributed by atoms with Crippen LogP contribution in [0.5, 0.6) is 0 Å². The summed E-state index contributed by atoms with van der Waals surface area (Å²) in [5.41, 5.74) is 1.30. The van der Waals surface area contributed by atoms with E-state index < -0.39 is 10.0 Å². The summed E-state index contributed by atoms with van der Waals surface area (Å²) in [6.07, 6.45) is 1.27. The molecule has 0 heterocycles. The van der Waals surface area contributed by atoms with Gasteiger partial charge in [0.1, 0.15) is 5.82 Å². The lowest BCUT2D eigenvalue weighted by molar-refractivity contribution is 0.0954. The lowest BCUT2D eigenvalue weighted by Gasteiger charge is -2.12. The molecule has 0 radical (unpaired) electrons. The minimum Gasteiger partial charge on any atom is -0.352 e. The molecular formula is C19H23FN2O3S. The minimum atomic E-state index is -3.58. The van der Waals surface area contributed by atoms with Gasteiger partial charge >= 0.3 is 0 Å². The molecule has 0 aromatic heterocycles. The second kappa shape index (κ2) is 8.91. The van der Waals surface area contributed by atoms with Crippen LogP contribution in [0.1, 0.15) is 36.2 Å². The maximum atomic E-state index is 12.8. The van der Waals surface area contributed by atoms with Crippen molar-refractivity contribution >= 4 is 15.9 Å². The Morgan fingerprint density at radius 3 is 2.27 bits per heavy atom. The Morgan fingerprint density at radius 2 is 1.69 bits per heavy atom. The Kier molecular flexibility index (Phi) is 6.88. The molecule has 0 fully saturated rings. The van der Waals surface area contributed by atoms with E-state index in [1.54, 1.807) is 19.1 Å². The Balaban J connectivity index is 1.92. The first kappa shape index (κ1) is 20.1. The summed E-state index contributed by atoms with van der Waals surface area (Å²) in [4.78, 5) is 12.3. The van der Waals surface area contributed by atoms with Crippen molar-refractivity contribution in [1.29, 1.82) is 0 Å². The summed E-state index contributed by atoms with van der Waals surface area (Å²) >= 11 is 0. The van der Waals surface area contributed by atoms with Gasteiger partial charge in [0, 0.05) is 18.2 Å². The predicted molar refractivity (Wildman–Crippen MR) is 99.0 cm³/mol. The third-order valence-corrected chi connectivity index (χ3v) is 5.61. The van der Waals surface area contributed by atoms with Crippen LogP contribution in [0.2, 0.25) is 0 Å². The van der Waals surface area contributed by atoms with Gasteiger partial charge in [-0.05, 0) is 61.7 Å². The topological polar surface area (TPSA) is 75.3 Å². The second-order valence-electron chi connectivity index (χ2n) is 6.09. The largest absolute Gasteiger partial charge is 0.352 e. The van der Waals surface area contributed by atoms with E-state index >= 15 is 0 Å². The molecule has 2 N–H and O–H groups in total. The van der Waals surface area contributed by atoms with Crippen molar-refractivity contribution in [2.45, 2.75) is 37.6 Å². The molecule has 0 aliphatic rings. The third kappa shape index (κ3) is 5.64. The van der Waals surface area contributed by atoms with Gasteiger partial charge in [0.25, 0.3) is 5.91 Å². The van der Waals surface area contributed by atoms with Gasteiger partial charge in [0.15, 0.2) is 0 Å². The van der Waals surface area contributed by atoms with Crippen molar-refractivity contribution in [1.82, 2.24) is 10.0 Å². The number of amides is 1. The van der Waals surface area contributed by atoms with Crippen molar-refractivity contribution in [3.8, 4) is 0 Å². The molecule has 2 aromatic rings. The van der Waals surface area contributed by atoms with Crippen LogP contribution in [0.4, 0.5) is 4.39 Å². The molecule has 0 saturated heterocycles. The van der Waals surface area contributed by atoms with Gasteiger partial charge < -0.3 is 5.32 Å². The Hall–Kier alpha value is -2.25. The first-order valence-electron chi connectivity index (χ1n) is 8.47. The van der Waals surface area contributed by atoms with Gasteiger partial charge in [0.05, 0.1) is 4.90 Å². The predicted octanol–water partition coefficient (Wildman–Crippen LogP) is 2.88. The van der Waals surface area contributed by atoms with Gasteiger partial charge in [-0.3, -0.25) is 4.79 Å². The average molecular weight is 378 g/mol. The number of benzene rings is 2. The van der Waals surface area contributed by atoms with E-state index in [9.17, 15) is 17.6 Å².